The van der Waals surface area contributed by atoms with Crippen LogP contribution in [0, 0.1) is 5.92 Å². The highest BCUT2D eigenvalue weighted by atomic mass is 35.5. The van der Waals surface area contributed by atoms with Gasteiger partial charge in [0.15, 0.2) is 0 Å². The molecular formula is C18H27ClN2O4S. The second-order valence-electron chi connectivity index (χ2n) is 6.40. The van der Waals surface area contributed by atoms with E-state index in [9.17, 15) is 13.2 Å². The van der Waals surface area contributed by atoms with Gasteiger partial charge in [0.05, 0.1) is 5.75 Å². The fourth-order valence-corrected chi connectivity index (χ4v) is 4.64. The molecule has 1 amide bonds. The van der Waals surface area contributed by atoms with Crippen LogP contribution < -0.4 is 5.32 Å². The molecule has 0 aromatic heterocycles. The van der Waals surface area contributed by atoms with Crippen molar-refractivity contribution in [1.29, 1.82) is 0 Å². The lowest BCUT2D eigenvalue weighted by molar-refractivity contribution is -0.126. The number of piperidine rings is 1. The zero-order chi connectivity index (χ0) is 19.0. The van der Waals surface area contributed by atoms with E-state index < -0.39 is 10.0 Å². The van der Waals surface area contributed by atoms with Crippen molar-refractivity contribution < 1.29 is 17.9 Å². The SMILES string of the molecule is CCOCCCNC(=O)C1CCN(S(=O)(=O)Cc2ccc(Cl)cc2)CC1. The van der Waals surface area contributed by atoms with Crippen LogP contribution in [0.3, 0.4) is 0 Å². The summed E-state index contributed by atoms with van der Waals surface area (Å²) >= 11 is 5.83. The first kappa shape index (κ1) is 21.2. The van der Waals surface area contributed by atoms with E-state index in [1.165, 1.54) is 4.31 Å². The molecule has 1 heterocycles. The number of sulfonamides is 1. The maximum Gasteiger partial charge on any atom is 0.223 e. The molecule has 1 aromatic rings. The Balaban J connectivity index is 1.77. The third-order valence-electron chi connectivity index (χ3n) is 4.45. The first-order valence-corrected chi connectivity index (χ1v) is 11.0. The summed E-state index contributed by atoms with van der Waals surface area (Å²) in [4.78, 5) is 12.2. The minimum Gasteiger partial charge on any atom is -0.382 e. The van der Waals surface area contributed by atoms with Crippen molar-refractivity contribution in [3.8, 4) is 0 Å². The van der Waals surface area contributed by atoms with Crippen molar-refractivity contribution >= 4 is 27.5 Å². The summed E-state index contributed by atoms with van der Waals surface area (Å²) in [5, 5.41) is 3.49. The molecule has 1 saturated heterocycles. The first-order valence-electron chi connectivity index (χ1n) is 9.00. The van der Waals surface area contributed by atoms with Crippen LogP contribution in [0.25, 0.3) is 0 Å². The average Bonchev–Trinajstić information content (AvgIpc) is 2.63. The fourth-order valence-electron chi connectivity index (χ4n) is 2.95. The lowest BCUT2D eigenvalue weighted by Gasteiger charge is -2.30. The molecule has 6 nitrogen and oxygen atoms in total. The Morgan fingerprint density at radius 1 is 1.27 bits per heavy atom. The number of carbonyl (C=O) groups excluding carboxylic acids is 1. The van der Waals surface area contributed by atoms with E-state index in [1.54, 1.807) is 24.3 Å². The van der Waals surface area contributed by atoms with E-state index in [0.29, 0.717) is 56.3 Å². The van der Waals surface area contributed by atoms with E-state index in [4.69, 9.17) is 16.3 Å². The Morgan fingerprint density at radius 3 is 2.54 bits per heavy atom. The Hall–Kier alpha value is -1.15. The van der Waals surface area contributed by atoms with Gasteiger partial charge < -0.3 is 10.1 Å². The molecule has 1 aliphatic heterocycles. The number of ether oxygens (including phenoxy) is 1. The van der Waals surface area contributed by atoms with E-state index in [1.807, 2.05) is 6.92 Å². The topological polar surface area (TPSA) is 75.7 Å². The largest absolute Gasteiger partial charge is 0.382 e. The van der Waals surface area contributed by atoms with Gasteiger partial charge in [0, 0.05) is 43.8 Å². The second kappa shape index (κ2) is 10.3. The van der Waals surface area contributed by atoms with Crippen molar-refractivity contribution in [1.82, 2.24) is 9.62 Å². The molecule has 0 unspecified atom stereocenters. The lowest BCUT2D eigenvalue weighted by Crippen LogP contribution is -2.43. The van der Waals surface area contributed by atoms with Crippen molar-refractivity contribution in [2.45, 2.75) is 31.9 Å². The van der Waals surface area contributed by atoms with Gasteiger partial charge in [0.25, 0.3) is 0 Å². The Kier molecular flexibility index (Phi) is 8.34. The quantitative estimate of drug-likeness (QED) is 0.643. The first-order chi connectivity index (χ1) is 12.4. The summed E-state index contributed by atoms with van der Waals surface area (Å²) in [7, 11) is -3.38. The zero-order valence-corrected chi connectivity index (χ0v) is 16.7. The van der Waals surface area contributed by atoms with Crippen molar-refractivity contribution in [3.05, 3.63) is 34.9 Å². The molecule has 0 aliphatic carbocycles. The second-order valence-corrected chi connectivity index (χ2v) is 8.80. The maximum absolute atomic E-state index is 12.6. The van der Waals surface area contributed by atoms with Gasteiger partial charge >= 0.3 is 0 Å². The number of amides is 1. The number of rotatable bonds is 9. The Bertz CT molecular complexity index is 671. The minimum absolute atomic E-state index is 0.0104. The molecule has 1 fully saturated rings. The highest BCUT2D eigenvalue weighted by Gasteiger charge is 2.30. The van der Waals surface area contributed by atoms with Gasteiger partial charge in [-0.25, -0.2) is 12.7 Å². The van der Waals surface area contributed by atoms with Crippen LogP contribution in [0.5, 0.6) is 0 Å². The number of nitrogens with zero attached hydrogens (tertiary/aromatic N) is 1. The van der Waals surface area contributed by atoms with Gasteiger partial charge in [0.1, 0.15) is 0 Å². The highest BCUT2D eigenvalue weighted by Crippen LogP contribution is 2.22. The van der Waals surface area contributed by atoms with Crippen LogP contribution >= 0.6 is 11.6 Å². The summed E-state index contributed by atoms with van der Waals surface area (Å²) in [6.07, 6.45) is 1.89. The molecule has 1 aliphatic rings. The van der Waals surface area contributed by atoms with Crippen LogP contribution in [-0.4, -0.2) is 51.5 Å². The highest BCUT2D eigenvalue weighted by molar-refractivity contribution is 7.88. The van der Waals surface area contributed by atoms with Crippen LogP contribution in [0.1, 0.15) is 31.7 Å². The zero-order valence-electron chi connectivity index (χ0n) is 15.1. The van der Waals surface area contributed by atoms with Crippen LogP contribution in [0.2, 0.25) is 5.02 Å². The number of carbonyl (C=O) groups is 1. The Morgan fingerprint density at radius 2 is 1.92 bits per heavy atom. The number of nitrogens with one attached hydrogen (secondary N) is 1. The van der Waals surface area contributed by atoms with Gasteiger partial charge in [-0.05, 0) is 43.9 Å². The summed E-state index contributed by atoms with van der Waals surface area (Å²) in [5.74, 6) is -0.154. The summed E-state index contributed by atoms with van der Waals surface area (Å²) < 4.78 is 31.9. The molecule has 0 saturated carbocycles. The lowest BCUT2D eigenvalue weighted by atomic mass is 9.97. The van der Waals surface area contributed by atoms with Gasteiger partial charge in [0.2, 0.25) is 15.9 Å². The third-order valence-corrected chi connectivity index (χ3v) is 6.55. The van der Waals surface area contributed by atoms with Gasteiger partial charge in [-0.3, -0.25) is 4.79 Å². The van der Waals surface area contributed by atoms with Crippen molar-refractivity contribution in [2.75, 3.05) is 32.8 Å². The number of hydrogen-bond acceptors (Lipinski definition) is 4. The molecule has 0 radical (unpaired) electrons. The molecule has 8 heteroatoms. The van der Waals surface area contributed by atoms with E-state index >= 15 is 0 Å². The molecule has 0 atom stereocenters. The van der Waals surface area contributed by atoms with Gasteiger partial charge in [-0.2, -0.15) is 0 Å². The predicted octanol–water partition coefficient (Wildman–Crippen LogP) is 2.42. The standard InChI is InChI=1S/C18H27ClN2O4S/c1-2-25-13-3-10-20-18(22)16-8-11-21(12-9-16)26(23,24)14-15-4-6-17(19)7-5-15/h4-7,16H,2-3,8-14H2,1H3,(H,20,22). The molecule has 0 spiro atoms. The van der Waals surface area contributed by atoms with E-state index in [0.717, 1.165) is 6.42 Å². The van der Waals surface area contributed by atoms with E-state index in [-0.39, 0.29) is 17.6 Å². The van der Waals surface area contributed by atoms with Crippen LogP contribution in [-0.2, 0) is 25.3 Å². The molecule has 146 valence electrons. The molecule has 26 heavy (non-hydrogen) atoms. The third kappa shape index (κ3) is 6.54. The number of halogens is 1. The smallest absolute Gasteiger partial charge is 0.223 e. The average molecular weight is 403 g/mol. The normalized spacial score (nSPS) is 16.5. The summed E-state index contributed by atoms with van der Waals surface area (Å²) in [6.45, 7) is 4.61. The molecular weight excluding hydrogens is 376 g/mol. The molecule has 0 bridgehead atoms. The van der Waals surface area contributed by atoms with Crippen molar-refractivity contribution in [2.24, 2.45) is 5.92 Å². The molecule has 1 N–H and O–H groups in total. The van der Waals surface area contributed by atoms with Gasteiger partial charge in [-0.1, -0.05) is 23.7 Å². The molecule has 2 rings (SSSR count). The monoisotopic (exact) mass is 402 g/mol. The van der Waals surface area contributed by atoms with Crippen molar-refractivity contribution in [3.63, 3.8) is 0 Å². The van der Waals surface area contributed by atoms with Gasteiger partial charge in [-0.15, -0.1) is 0 Å². The summed E-state index contributed by atoms with van der Waals surface area (Å²) in [5.41, 5.74) is 0.712. The summed E-state index contributed by atoms with van der Waals surface area (Å²) in [6, 6.07) is 6.83. The van der Waals surface area contributed by atoms with Crippen LogP contribution in [0.4, 0.5) is 0 Å². The molecule has 1 aromatic carbocycles. The van der Waals surface area contributed by atoms with E-state index in [2.05, 4.69) is 5.32 Å². The Labute approximate surface area is 160 Å². The predicted molar refractivity (Wildman–Crippen MR) is 102 cm³/mol. The number of benzene rings is 1. The fraction of sp³-hybridized carbons (Fsp3) is 0.611. The minimum atomic E-state index is -3.38. The number of hydrogen-bond donors (Lipinski definition) is 1. The van der Waals surface area contributed by atoms with Crippen LogP contribution in [0.15, 0.2) is 24.3 Å². The maximum atomic E-state index is 12.6.